The van der Waals surface area contributed by atoms with Crippen LogP contribution in [0.15, 0.2) is 6.07 Å². The smallest absolute Gasteiger partial charge is 0.384 e. The molecule has 2 rings (SSSR count). The van der Waals surface area contributed by atoms with Crippen molar-refractivity contribution >= 4 is 17.5 Å². The molecule has 0 atom stereocenters. The number of nitrogen functional groups attached to an aromatic ring is 1. The minimum Gasteiger partial charge on any atom is -0.384 e. The third-order valence-electron chi connectivity index (χ3n) is 2.83. The number of carbonyl (C=O) groups excluding carboxylic acids is 1. The Morgan fingerprint density at radius 1 is 1.38 bits per heavy atom. The van der Waals surface area contributed by atoms with Gasteiger partial charge < -0.3 is 16.4 Å². The lowest BCUT2D eigenvalue weighted by atomic mass is 10.3. The topological polar surface area (TPSA) is 92.9 Å². The molecule has 4 N–H and O–H groups in total. The van der Waals surface area contributed by atoms with Gasteiger partial charge in [-0.25, -0.2) is 9.97 Å². The highest BCUT2D eigenvalue weighted by molar-refractivity contribution is 5.76. The molecular weight excluding hydrogens is 287 g/mol. The summed E-state index contributed by atoms with van der Waals surface area (Å²) in [6.45, 7) is 0.325. The summed E-state index contributed by atoms with van der Waals surface area (Å²) in [5.41, 5.74) is 5.32. The summed E-state index contributed by atoms with van der Waals surface area (Å²) in [5.74, 6) is -1.59. The van der Waals surface area contributed by atoms with Gasteiger partial charge in [-0.05, 0) is 19.3 Å². The first-order valence-corrected chi connectivity index (χ1v) is 6.59. The quantitative estimate of drug-likeness (QED) is 0.693. The molecule has 0 radical (unpaired) electrons. The molecule has 1 amide bonds. The van der Waals surface area contributed by atoms with Gasteiger partial charge in [0.25, 0.3) is 0 Å². The molecule has 1 aliphatic rings. The standard InChI is InChI=1S/C12H16F3N5O/c13-12(14,15)11-19-8(16)6-9(20-11)17-5-1-2-10(21)18-7-3-4-7/h6-7H,1-5H2,(H,18,21)(H3,16,17,19,20). The molecule has 0 unspecified atom stereocenters. The molecule has 1 saturated carbocycles. The van der Waals surface area contributed by atoms with Crippen molar-refractivity contribution in [3.63, 3.8) is 0 Å². The molecule has 116 valence electrons. The average Bonchev–Trinajstić information content (AvgIpc) is 3.17. The van der Waals surface area contributed by atoms with Crippen molar-refractivity contribution in [2.45, 2.75) is 37.9 Å². The van der Waals surface area contributed by atoms with Crippen LogP contribution in [0.1, 0.15) is 31.5 Å². The lowest BCUT2D eigenvalue weighted by Crippen LogP contribution is -2.25. The molecule has 6 nitrogen and oxygen atoms in total. The number of nitrogens with zero attached hydrogens (tertiary/aromatic N) is 2. The molecule has 0 bridgehead atoms. The van der Waals surface area contributed by atoms with Crippen molar-refractivity contribution in [3.8, 4) is 0 Å². The van der Waals surface area contributed by atoms with Gasteiger partial charge in [0.1, 0.15) is 11.6 Å². The van der Waals surface area contributed by atoms with E-state index in [0.29, 0.717) is 25.4 Å². The highest BCUT2D eigenvalue weighted by atomic mass is 19.4. The average molecular weight is 303 g/mol. The molecule has 21 heavy (non-hydrogen) atoms. The number of nitrogens with two attached hydrogens (primary N) is 1. The number of alkyl halides is 3. The summed E-state index contributed by atoms with van der Waals surface area (Å²) in [6.07, 6.45) is -1.80. The summed E-state index contributed by atoms with van der Waals surface area (Å²) in [5, 5.41) is 5.54. The van der Waals surface area contributed by atoms with E-state index in [9.17, 15) is 18.0 Å². The molecule has 0 spiro atoms. The van der Waals surface area contributed by atoms with Gasteiger partial charge >= 0.3 is 6.18 Å². The number of amides is 1. The first kappa shape index (κ1) is 15.3. The van der Waals surface area contributed by atoms with Crippen LogP contribution < -0.4 is 16.4 Å². The van der Waals surface area contributed by atoms with Crippen molar-refractivity contribution in [3.05, 3.63) is 11.9 Å². The maximum Gasteiger partial charge on any atom is 0.451 e. The summed E-state index contributed by atoms with van der Waals surface area (Å²) >= 11 is 0. The molecule has 1 aliphatic carbocycles. The monoisotopic (exact) mass is 303 g/mol. The Hall–Kier alpha value is -2.06. The second kappa shape index (κ2) is 6.15. The van der Waals surface area contributed by atoms with E-state index in [2.05, 4.69) is 20.6 Å². The minimum atomic E-state index is -4.64. The van der Waals surface area contributed by atoms with E-state index in [1.54, 1.807) is 0 Å². The van der Waals surface area contributed by atoms with Gasteiger partial charge in [0.15, 0.2) is 0 Å². The van der Waals surface area contributed by atoms with Crippen LogP contribution in [0.2, 0.25) is 0 Å². The Balaban J connectivity index is 1.79. The molecule has 1 aromatic heterocycles. The van der Waals surface area contributed by atoms with Gasteiger partial charge in [0.2, 0.25) is 11.7 Å². The summed E-state index contributed by atoms with van der Waals surface area (Å²) in [6, 6.07) is 1.53. The summed E-state index contributed by atoms with van der Waals surface area (Å²) in [7, 11) is 0. The van der Waals surface area contributed by atoms with E-state index >= 15 is 0 Å². The fourth-order valence-electron chi connectivity index (χ4n) is 1.68. The van der Waals surface area contributed by atoms with Gasteiger partial charge in [-0.3, -0.25) is 4.79 Å². The Kier molecular flexibility index (Phi) is 4.49. The number of aromatic nitrogens is 2. The lowest BCUT2D eigenvalue weighted by Gasteiger charge is -2.10. The van der Waals surface area contributed by atoms with E-state index in [1.165, 1.54) is 6.07 Å². The second-order valence-corrected chi connectivity index (χ2v) is 4.87. The third-order valence-corrected chi connectivity index (χ3v) is 2.83. The van der Waals surface area contributed by atoms with Crippen molar-refractivity contribution in [2.24, 2.45) is 0 Å². The Bertz CT molecular complexity index is 516. The normalized spacial score (nSPS) is 14.8. The molecule has 0 aliphatic heterocycles. The Morgan fingerprint density at radius 2 is 2.10 bits per heavy atom. The predicted molar refractivity (Wildman–Crippen MR) is 70.3 cm³/mol. The summed E-state index contributed by atoms with van der Waals surface area (Å²) in [4.78, 5) is 17.9. The van der Waals surface area contributed by atoms with Crippen LogP contribution in [0, 0.1) is 0 Å². The van der Waals surface area contributed by atoms with Crippen LogP contribution in [0.5, 0.6) is 0 Å². The van der Waals surface area contributed by atoms with E-state index in [0.717, 1.165) is 12.8 Å². The van der Waals surface area contributed by atoms with Crippen molar-refractivity contribution in [2.75, 3.05) is 17.6 Å². The minimum absolute atomic E-state index is 0.00238. The molecule has 1 fully saturated rings. The highest BCUT2D eigenvalue weighted by Gasteiger charge is 2.35. The predicted octanol–water partition coefficient (Wildman–Crippen LogP) is 1.55. The maximum absolute atomic E-state index is 12.5. The van der Waals surface area contributed by atoms with Gasteiger partial charge in [0, 0.05) is 25.1 Å². The number of halogens is 3. The number of nitrogens with one attached hydrogen (secondary N) is 2. The Labute approximate surface area is 119 Å². The van der Waals surface area contributed by atoms with Gasteiger partial charge in [-0.2, -0.15) is 13.2 Å². The van der Waals surface area contributed by atoms with E-state index in [1.807, 2.05) is 0 Å². The molecule has 1 heterocycles. The third kappa shape index (κ3) is 5.09. The zero-order valence-electron chi connectivity index (χ0n) is 11.2. The summed E-state index contributed by atoms with van der Waals surface area (Å²) < 4.78 is 37.5. The molecule has 1 aromatic rings. The van der Waals surface area contributed by atoms with Crippen molar-refractivity contribution < 1.29 is 18.0 Å². The number of hydrogen-bond donors (Lipinski definition) is 3. The molecule has 0 saturated heterocycles. The number of carbonyl (C=O) groups is 1. The molecule has 9 heteroatoms. The van der Waals surface area contributed by atoms with E-state index < -0.39 is 12.0 Å². The molecule has 0 aromatic carbocycles. The van der Waals surface area contributed by atoms with Crippen molar-refractivity contribution in [1.82, 2.24) is 15.3 Å². The van der Waals surface area contributed by atoms with Crippen LogP contribution in [-0.4, -0.2) is 28.5 Å². The van der Waals surface area contributed by atoms with Gasteiger partial charge in [0.05, 0.1) is 0 Å². The van der Waals surface area contributed by atoms with Crippen LogP contribution in [0.3, 0.4) is 0 Å². The van der Waals surface area contributed by atoms with Crippen molar-refractivity contribution in [1.29, 1.82) is 0 Å². The Morgan fingerprint density at radius 3 is 2.71 bits per heavy atom. The highest BCUT2D eigenvalue weighted by Crippen LogP contribution is 2.27. The number of anilines is 2. The van der Waals surface area contributed by atoms with Crippen LogP contribution in [0.4, 0.5) is 24.8 Å². The lowest BCUT2D eigenvalue weighted by molar-refractivity contribution is -0.144. The zero-order chi connectivity index (χ0) is 15.5. The largest absolute Gasteiger partial charge is 0.451 e. The molecular formula is C12H16F3N5O. The SMILES string of the molecule is Nc1cc(NCCCC(=O)NC2CC2)nc(C(F)(F)F)n1. The van der Waals surface area contributed by atoms with E-state index in [4.69, 9.17) is 5.73 Å². The number of rotatable bonds is 6. The van der Waals surface area contributed by atoms with Gasteiger partial charge in [-0.1, -0.05) is 0 Å². The van der Waals surface area contributed by atoms with Gasteiger partial charge in [-0.15, -0.1) is 0 Å². The first-order chi connectivity index (χ1) is 9.84. The second-order valence-electron chi connectivity index (χ2n) is 4.87. The van der Waals surface area contributed by atoms with E-state index in [-0.39, 0.29) is 17.5 Å². The zero-order valence-corrected chi connectivity index (χ0v) is 11.2. The first-order valence-electron chi connectivity index (χ1n) is 6.59. The fraction of sp³-hybridized carbons (Fsp3) is 0.583. The van der Waals surface area contributed by atoms with Crippen LogP contribution in [-0.2, 0) is 11.0 Å². The van der Waals surface area contributed by atoms with Crippen LogP contribution in [0.25, 0.3) is 0 Å². The fourth-order valence-corrected chi connectivity index (χ4v) is 1.68. The maximum atomic E-state index is 12.5. The van der Waals surface area contributed by atoms with Crippen LogP contribution >= 0.6 is 0 Å². The number of hydrogen-bond acceptors (Lipinski definition) is 5.